The topological polar surface area (TPSA) is 149 Å². The second-order valence-corrected chi connectivity index (χ2v) is 7.86. The van der Waals surface area contributed by atoms with E-state index in [1.165, 1.54) is 0 Å². The molecule has 0 aliphatic carbocycles. The predicted molar refractivity (Wildman–Crippen MR) is 129 cm³/mol. The normalized spacial score (nSPS) is 11.6. The van der Waals surface area contributed by atoms with Gasteiger partial charge in [-0.25, -0.2) is 0 Å². The molecule has 0 spiro atoms. The summed E-state index contributed by atoms with van der Waals surface area (Å²) in [6.45, 7) is 0.562. The number of carbonyl (C=O) groups excluding carboxylic acids is 3. The molecule has 1 heterocycles. The van der Waals surface area contributed by atoms with Gasteiger partial charge in [-0.05, 0) is 53.8 Å². The third-order valence-electron chi connectivity index (χ3n) is 5.16. The maximum absolute atomic E-state index is 12.6. The summed E-state index contributed by atoms with van der Waals surface area (Å²) in [7, 11) is 0. The summed E-state index contributed by atoms with van der Waals surface area (Å²) in [6, 6.07) is 14.2. The van der Waals surface area contributed by atoms with E-state index in [0.29, 0.717) is 43.7 Å². The summed E-state index contributed by atoms with van der Waals surface area (Å²) in [4.78, 5) is 39.8. The first kappa shape index (κ1) is 24.7. The van der Waals surface area contributed by atoms with Crippen LogP contribution in [0.25, 0.3) is 10.8 Å². The Kier molecular flexibility index (Phi) is 8.93. The van der Waals surface area contributed by atoms with Crippen molar-refractivity contribution in [2.45, 2.75) is 25.3 Å². The van der Waals surface area contributed by atoms with Crippen molar-refractivity contribution in [3.8, 4) is 5.75 Å². The van der Waals surface area contributed by atoms with Crippen LogP contribution in [0, 0.1) is 0 Å². The molecule has 1 aromatic heterocycles. The molecule has 0 saturated carbocycles. The molecule has 1 unspecified atom stereocenters. The minimum Gasteiger partial charge on any atom is -0.493 e. The van der Waals surface area contributed by atoms with Gasteiger partial charge >= 0.3 is 0 Å². The molecule has 0 aliphatic heterocycles. The van der Waals surface area contributed by atoms with Crippen LogP contribution in [0.1, 0.15) is 28.8 Å². The number of amides is 3. The second-order valence-electron chi connectivity index (χ2n) is 7.86. The number of hydrogen-bond donors (Lipinski definition) is 4. The fraction of sp³-hybridized carbons (Fsp3) is 0.280. The molecule has 1 atom stereocenters. The number of rotatable bonds is 12. The Morgan fingerprint density at radius 3 is 2.47 bits per heavy atom. The third-order valence-corrected chi connectivity index (χ3v) is 5.16. The maximum Gasteiger partial charge on any atom is 0.255 e. The van der Waals surface area contributed by atoms with Crippen molar-refractivity contribution in [2.24, 2.45) is 11.5 Å². The largest absolute Gasteiger partial charge is 0.493 e. The molecule has 0 radical (unpaired) electrons. The lowest BCUT2D eigenvalue weighted by atomic mass is 10.1. The van der Waals surface area contributed by atoms with E-state index in [4.69, 9.17) is 16.2 Å². The minimum absolute atomic E-state index is 0.215. The highest BCUT2D eigenvalue weighted by molar-refractivity contribution is 6.02. The number of fused-ring (bicyclic) bond motifs is 1. The Morgan fingerprint density at radius 2 is 1.76 bits per heavy atom. The fourth-order valence-electron chi connectivity index (χ4n) is 3.40. The molecule has 178 valence electrons. The first-order valence-corrected chi connectivity index (χ1v) is 11.1. The summed E-state index contributed by atoms with van der Waals surface area (Å²) in [5, 5.41) is 7.14. The molecule has 0 bridgehead atoms. The summed E-state index contributed by atoms with van der Waals surface area (Å²) in [5.74, 6) is -0.857. The van der Waals surface area contributed by atoms with Gasteiger partial charge in [0.25, 0.3) is 5.91 Å². The molecule has 9 nitrogen and oxygen atoms in total. The smallest absolute Gasteiger partial charge is 0.255 e. The van der Waals surface area contributed by atoms with E-state index >= 15 is 0 Å². The Labute approximate surface area is 197 Å². The zero-order chi connectivity index (χ0) is 24.3. The van der Waals surface area contributed by atoms with Crippen LogP contribution in [-0.2, 0) is 16.0 Å². The molecule has 6 N–H and O–H groups in total. The summed E-state index contributed by atoms with van der Waals surface area (Å²) in [6.07, 6.45) is 5.13. The van der Waals surface area contributed by atoms with Gasteiger partial charge in [0.1, 0.15) is 5.75 Å². The van der Waals surface area contributed by atoms with Gasteiger partial charge in [-0.3, -0.25) is 19.4 Å². The monoisotopic (exact) mass is 463 g/mol. The van der Waals surface area contributed by atoms with Crippen LogP contribution in [0.5, 0.6) is 5.75 Å². The Bertz CT molecular complexity index is 1140. The van der Waals surface area contributed by atoms with E-state index in [1.807, 2.05) is 36.4 Å². The van der Waals surface area contributed by atoms with Crippen molar-refractivity contribution in [1.82, 2.24) is 15.6 Å². The SMILES string of the molecule is NC(=O)CNC(=O)c1cc2ccccc2cc1OCCCCNC(=O)C(N)Cc1cccnc1. The number of pyridine rings is 1. The summed E-state index contributed by atoms with van der Waals surface area (Å²) in [5.41, 5.74) is 12.3. The number of nitrogens with two attached hydrogens (primary N) is 2. The first-order valence-electron chi connectivity index (χ1n) is 11.1. The highest BCUT2D eigenvalue weighted by Gasteiger charge is 2.16. The van der Waals surface area contributed by atoms with Crippen LogP contribution < -0.4 is 26.8 Å². The van der Waals surface area contributed by atoms with Crippen LogP contribution in [0.3, 0.4) is 0 Å². The van der Waals surface area contributed by atoms with Crippen molar-refractivity contribution in [1.29, 1.82) is 0 Å². The van der Waals surface area contributed by atoms with Gasteiger partial charge in [-0.15, -0.1) is 0 Å². The highest BCUT2D eigenvalue weighted by Crippen LogP contribution is 2.26. The quantitative estimate of drug-likeness (QED) is 0.297. The van der Waals surface area contributed by atoms with Gasteiger partial charge in [0.05, 0.1) is 24.8 Å². The number of nitrogens with one attached hydrogen (secondary N) is 2. The van der Waals surface area contributed by atoms with Crippen molar-refractivity contribution >= 4 is 28.5 Å². The lowest BCUT2D eigenvalue weighted by Gasteiger charge is -2.14. The average molecular weight is 464 g/mol. The summed E-state index contributed by atoms with van der Waals surface area (Å²) >= 11 is 0. The van der Waals surface area contributed by atoms with Gasteiger partial charge in [0.2, 0.25) is 11.8 Å². The number of hydrogen-bond acceptors (Lipinski definition) is 6. The number of benzene rings is 2. The van der Waals surface area contributed by atoms with E-state index < -0.39 is 17.9 Å². The number of primary amides is 1. The molecule has 9 heteroatoms. The molecule has 3 rings (SSSR count). The number of aromatic nitrogens is 1. The lowest BCUT2D eigenvalue weighted by Crippen LogP contribution is -2.42. The summed E-state index contributed by atoms with van der Waals surface area (Å²) < 4.78 is 5.89. The van der Waals surface area contributed by atoms with Crippen LogP contribution in [-0.4, -0.2) is 48.4 Å². The van der Waals surface area contributed by atoms with E-state index in [9.17, 15) is 14.4 Å². The Hall–Kier alpha value is -3.98. The van der Waals surface area contributed by atoms with Crippen LogP contribution in [0.15, 0.2) is 60.9 Å². The lowest BCUT2D eigenvalue weighted by molar-refractivity contribution is -0.122. The second kappa shape index (κ2) is 12.3. The van der Waals surface area contributed by atoms with Gasteiger partial charge in [0.15, 0.2) is 0 Å². The van der Waals surface area contributed by atoms with Gasteiger partial charge in [-0.1, -0.05) is 30.3 Å². The van der Waals surface area contributed by atoms with E-state index in [2.05, 4.69) is 15.6 Å². The first-order chi connectivity index (χ1) is 16.4. The van der Waals surface area contributed by atoms with Gasteiger partial charge in [-0.2, -0.15) is 0 Å². The number of ether oxygens (including phenoxy) is 1. The molecular weight excluding hydrogens is 434 g/mol. The third kappa shape index (κ3) is 7.28. The zero-order valence-corrected chi connectivity index (χ0v) is 18.8. The molecule has 34 heavy (non-hydrogen) atoms. The molecule has 2 aromatic carbocycles. The van der Waals surface area contributed by atoms with E-state index in [1.54, 1.807) is 24.5 Å². The maximum atomic E-state index is 12.6. The highest BCUT2D eigenvalue weighted by atomic mass is 16.5. The van der Waals surface area contributed by atoms with Crippen molar-refractivity contribution in [2.75, 3.05) is 19.7 Å². The standard InChI is InChI=1S/C25H29N5O4/c26-21(12-17-6-5-9-28-15-17)25(33)29-10-3-4-11-34-22-14-19-8-2-1-7-18(19)13-20(22)24(32)30-16-23(27)31/h1-2,5-9,13-15,21H,3-4,10-12,16,26H2,(H2,27,31)(H,29,33)(H,30,32). The van der Waals surface area contributed by atoms with E-state index in [0.717, 1.165) is 16.3 Å². The van der Waals surface area contributed by atoms with Crippen molar-refractivity contribution < 1.29 is 19.1 Å². The van der Waals surface area contributed by atoms with Gasteiger partial charge in [0, 0.05) is 18.9 Å². The molecule has 0 fully saturated rings. The molecule has 0 aliphatic rings. The van der Waals surface area contributed by atoms with Gasteiger partial charge < -0.3 is 26.8 Å². The fourth-order valence-corrected chi connectivity index (χ4v) is 3.40. The Balaban J connectivity index is 1.49. The number of carbonyl (C=O) groups is 3. The number of unbranched alkanes of at least 4 members (excludes halogenated alkanes) is 1. The average Bonchev–Trinajstić information content (AvgIpc) is 2.84. The predicted octanol–water partition coefficient (Wildman–Crippen LogP) is 1.30. The van der Waals surface area contributed by atoms with Crippen LogP contribution in [0.4, 0.5) is 0 Å². The number of nitrogens with zero attached hydrogens (tertiary/aromatic N) is 1. The minimum atomic E-state index is -0.639. The molecular formula is C25H29N5O4. The van der Waals surface area contributed by atoms with E-state index in [-0.39, 0.29) is 12.5 Å². The van der Waals surface area contributed by atoms with Crippen LogP contribution >= 0.6 is 0 Å². The van der Waals surface area contributed by atoms with Crippen molar-refractivity contribution in [3.05, 3.63) is 72.1 Å². The van der Waals surface area contributed by atoms with Crippen molar-refractivity contribution in [3.63, 3.8) is 0 Å². The zero-order valence-electron chi connectivity index (χ0n) is 18.8. The van der Waals surface area contributed by atoms with Crippen LogP contribution in [0.2, 0.25) is 0 Å². The molecule has 3 aromatic rings. The molecule has 0 saturated heterocycles. The molecule has 3 amide bonds. The Morgan fingerprint density at radius 1 is 1.00 bits per heavy atom.